The van der Waals surface area contributed by atoms with E-state index in [-0.39, 0.29) is 24.7 Å². The van der Waals surface area contributed by atoms with Crippen molar-refractivity contribution in [1.29, 1.82) is 0 Å². The van der Waals surface area contributed by atoms with Gasteiger partial charge in [0.1, 0.15) is 6.61 Å². The van der Waals surface area contributed by atoms with Crippen LogP contribution in [0.2, 0.25) is 0 Å². The van der Waals surface area contributed by atoms with Crippen molar-refractivity contribution in [3.63, 3.8) is 0 Å². The fourth-order valence-electron chi connectivity index (χ4n) is 3.88. The lowest BCUT2D eigenvalue weighted by Gasteiger charge is -2.40. The second-order valence-electron chi connectivity index (χ2n) is 6.86. The SMILES string of the molecule is O=C1CO[C@H]2CCN(Cc3cccs3)CC[C@@H]2N1Cc1ccccc1. The summed E-state index contributed by atoms with van der Waals surface area (Å²) >= 11 is 1.81. The van der Waals surface area contributed by atoms with Gasteiger partial charge < -0.3 is 9.64 Å². The number of nitrogens with zero attached hydrogens (tertiary/aromatic N) is 2. The highest BCUT2D eigenvalue weighted by molar-refractivity contribution is 7.09. The summed E-state index contributed by atoms with van der Waals surface area (Å²) in [5, 5.41) is 2.14. The quantitative estimate of drug-likeness (QED) is 0.844. The fourth-order valence-corrected chi connectivity index (χ4v) is 4.62. The highest BCUT2D eigenvalue weighted by Crippen LogP contribution is 2.27. The van der Waals surface area contributed by atoms with Crippen LogP contribution < -0.4 is 0 Å². The van der Waals surface area contributed by atoms with E-state index in [4.69, 9.17) is 4.74 Å². The van der Waals surface area contributed by atoms with E-state index in [0.29, 0.717) is 6.54 Å². The van der Waals surface area contributed by atoms with Gasteiger partial charge in [0, 0.05) is 31.1 Å². The van der Waals surface area contributed by atoms with Crippen LogP contribution in [0, 0.1) is 0 Å². The highest BCUT2D eigenvalue weighted by Gasteiger charge is 2.38. The summed E-state index contributed by atoms with van der Waals surface area (Å²) in [7, 11) is 0. The maximum absolute atomic E-state index is 12.5. The third kappa shape index (κ3) is 3.94. The molecule has 0 saturated carbocycles. The molecule has 5 heteroatoms. The summed E-state index contributed by atoms with van der Waals surface area (Å²) in [5.74, 6) is 0.122. The van der Waals surface area contributed by atoms with Crippen LogP contribution in [-0.2, 0) is 22.6 Å². The van der Waals surface area contributed by atoms with Crippen molar-refractivity contribution in [2.75, 3.05) is 19.7 Å². The van der Waals surface area contributed by atoms with E-state index in [0.717, 1.165) is 32.5 Å². The number of thiophene rings is 1. The molecule has 0 N–H and O–H groups in total. The summed E-state index contributed by atoms with van der Waals surface area (Å²) in [6.45, 7) is 3.96. The molecule has 1 amide bonds. The number of fused-ring (bicyclic) bond motifs is 1. The second-order valence-corrected chi connectivity index (χ2v) is 7.89. The number of amides is 1. The minimum absolute atomic E-state index is 0.122. The summed E-state index contributed by atoms with van der Waals surface area (Å²) < 4.78 is 5.91. The topological polar surface area (TPSA) is 32.8 Å². The van der Waals surface area contributed by atoms with E-state index in [2.05, 4.69) is 39.4 Å². The molecule has 0 aliphatic carbocycles. The summed E-state index contributed by atoms with van der Waals surface area (Å²) in [6.07, 6.45) is 2.14. The van der Waals surface area contributed by atoms with Gasteiger partial charge in [-0.3, -0.25) is 9.69 Å². The minimum atomic E-state index is 0.122. The van der Waals surface area contributed by atoms with Gasteiger partial charge in [-0.05, 0) is 29.9 Å². The first-order valence-electron chi connectivity index (χ1n) is 8.99. The number of carbonyl (C=O) groups is 1. The molecule has 3 heterocycles. The van der Waals surface area contributed by atoms with Gasteiger partial charge in [-0.25, -0.2) is 0 Å². The molecule has 0 spiro atoms. The first kappa shape index (κ1) is 16.8. The molecule has 0 unspecified atom stereocenters. The molecule has 25 heavy (non-hydrogen) atoms. The van der Waals surface area contributed by atoms with Crippen molar-refractivity contribution in [1.82, 2.24) is 9.80 Å². The van der Waals surface area contributed by atoms with Crippen molar-refractivity contribution >= 4 is 17.2 Å². The Morgan fingerprint density at radius 3 is 2.68 bits per heavy atom. The highest BCUT2D eigenvalue weighted by atomic mass is 32.1. The largest absolute Gasteiger partial charge is 0.366 e. The summed E-state index contributed by atoms with van der Waals surface area (Å²) in [4.78, 5) is 18.5. The van der Waals surface area contributed by atoms with Crippen LogP contribution in [0.4, 0.5) is 0 Å². The van der Waals surface area contributed by atoms with Gasteiger partial charge in [0.05, 0.1) is 12.1 Å². The number of ether oxygens (including phenoxy) is 1. The van der Waals surface area contributed by atoms with Gasteiger partial charge in [0.25, 0.3) is 0 Å². The smallest absolute Gasteiger partial charge is 0.249 e. The van der Waals surface area contributed by atoms with Crippen LogP contribution in [0.5, 0.6) is 0 Å². The number of hydrogen-bond acceptors (Lipinski definition) is 4. The Kier molecular flexibility index (Phi) is 5.15. The molecule has 1 aromatic carbocycles. The second kappa shape index (κ2) is 7.68. The third-order valence-electron chi connectivity index (χ3n) is 5.20. The molecule has 2 aliphatic heterocycles. The Morgan fingerprint density at radius 2 is 1.88 bits per heavy atom. The molecule has 2 aromatic rings. The van der Waals surface area contributed by atoms with E-state index in [1.54, 1.807) is 0 Å². The molecular formula is C20H24N2O2S. The van der Waals surface area contributed by atoms with Gasteiger partial charge in [-0.2, -0.15) is 0 Å². The van der Waals surface area contributed by atoms with Crippen molar-refractivity contribution in [2.45, 2.75) is 38.1 Å². The predicted octanol–water partition coefficient (Wildman–Crippen LogP) is 3.14. The van der Waals surface area contributed by atoms with E-state index < -0.39 is 0 Å². The molecule has 132 valence electrons. The van der Waals surface area contributed by atoms with Crippen molar-refractivity contribution in [3.8, 4) is 0 Å². The Labute approximate surface area is 153 Å². The van der Waals surface area contributed by atoms with Crippen molar-refractivity contribution in [3.05, 3.63) is 58.3 Å². The molecule has 4 nitrogen and oxygen atoms in total. The molecule has 4 rings (SSSR count). The van der Waals surface area contributed by atoms with Gasteiger partial charge in [0.2, 0.25) is 5.91 Å². The van der Waals surface area contributed by atoms with E-state index >= 15 is 0 Å². The molecule has 2 fully saturated rings. The molecule has 1 aromatic heterocycles. The zero-order valence-electron chi connectivity index (χ0n) is 14.3. The Hall–Kier alpha value is -1.69. The van der Waals surface area contributed by atoms with E-state index in [1.807, 2.05) is 29.5 Å². The van der Waals surface area contributed by atoms with Crippen LogP contribution in [0.25, 0.3) is 0 Å². The van der Waals surface area contributed by atoms with Crippen molar-refractivity contribution < 1.29 is 9.53 Å². The monoisotopic (exact) mass is 356 g/mol. The number of morpholine rings is 1. The maximum Gasteiger partial charge on any atom is 0.249 e. The molecule has 0 radical (unpaired) electrons. The molecule has 2 atom stereocenters. The summed E-state index contributed by atoms with van der Waals surface area (Å²) in [5.41, 5.74) is 1.19. The lowest BCUT2D eigenvalue weighted by Crippen LogP contribution is -2.53. The maximum atomic E-state index is 12.5. The fraction of sp³-hybridized carbons (Fsp3) is 0.450. The van der Waals surface area contributed by atoms with Gasteiger partial charge >= 0.3 is 0 Å². The van der Waals surface area contributed by atoms with Gasteiger partial charge in [-0.1, -0.05) is 36.4 Å². The Balaban J connectivity index is 1.45. The molecule has 2 saturated heterocycles. The van der Waals surface area contributed by atoms with Crippen LogP contribution in [0.15, 0.2) is 47.8 Å². The first-order chi connectivity index (χ1) is 12.3. The number of likely N-dealkylation sites (tertiary alicyclic amines) is 1. The van der Waals surface area contributed by atoms with Crippen LogP contribution >= 0.6 is 11.3 Å². The number of hydrogen-bond donors (Lipinski definition) is 0. The number of benzene rings is 1. The van der Waals surface area contributed by atoms with E-state index in [9.17, 15) is 4.79 Å². The van der Waals surface area contributed by atoms with Crippen molar-refractivity contribution in [2.24, 2.45) is 0 Å². The first-order valence-corrected chi connectivity index (χ1v) is 9.87. The number of carbonyl (C=O) groups excluding carboxylic acids is 1. The summed E-state index contributed by atoms with van der Waals surface area (Å²) in [6, 6.07) is 14.8. The standard InChI is InChI=1S/C20H24N2O2S/c23-20-15-24-19-9-11-21(14-17-7-4-12-25-17)10-8-18(19)22(20)13-16-5-2-1-3-6-16/h1-7,12,18-19H,8-11,13-15H2/t18-,19-/m0/s1. The molecule has 0 bridgehead atoms. The normalized spacial score (nSPS) is 24.8. The van der Waals surface area contributed by atoms with Gasteiger partial charge in [0.15, 0.2) is 0 Å². The zero-order chi connectivity index (χ0) is 17.1. The number of rotatable bonds is 4. The molecular weight excluding hydrogens is 332 g/mol. The van der Waals surface area contributed by atoms with Crippen LogP contribution in [-0.4, -0.2) is 47.5 Å². The Bertz CT molecular complexity index is 689. The van der Waals surface area contributed by atoms with Gasteiger partial charge in [-0.15, -0.1) is 11.3 Å². The third-order valence-corrected chi connectivity index (χ3v) is 6.06. The lowest BCUT2D eigenvalue weighted by molar-refractivity contribution is -0.158. The van der Waals surface area contributed by atoms with Crippen LogP contribution in [0.1, 0.15) is 23.3 Å². The zero-order valence-corrected chi connectivity index (χ0v) is 15.2. The molecule has 2 aliphatic rings. The van der Waals surface area contributed by atoms with Crippen LogP contribution in [0.3, 0.4) is 0 Å². The minimum Gasteiger partial charge on any atom is -0.366 e. The predicted molar refractivity (Wildman–Crippen MR) is 99.4 cm³/mol. The van der Waals surface area contributed by atoms with E-state index in [1.165, 1.54) is 10.4 Å². The average molecular weight is 356 g/mol. The lowest BCUT2D eigenvalue weighted by atomic mass is 10.0. The average Bonchev–Trinajstić information content (AvgIpc) is 3.06. The Morgan fingerprint density at radius 1 is 1.04 bits per heavy atom.